The monoisotopic (exact) mass is 798 g/mol. The van der Waals surface area contributed by atoms with Crippen LogP contribution in [0, 0.1) is 23.6 Å². The van der Waals surface area contributed by atoms with Crippen molar-refractivity contribution >= 4 is 11.8 Å². The topological polar surface area (TPSA) is 119 Å². The highest BCUT2D eigenvalue weighted by molar-refractivity contribution is 6.03. The summed E-state index contributed by atoms with van der Waals surface area (Å²) in [6.07, 6.45) is 9.03. The van der Waals surface area contributed by atoms with Crippen LogP contribution < -0.4 is 9.47 Å². The van der Waals surface area contributed by atoms with Crippen LogP contribution in [0.1, 0.15) is 87.8 Å². The first-order valence-electron chi connectivity index (χ1n) is 20.9. The maximum atomic E-state index is 14.7. The van der Waals surface area contributed by atoms with Gasteiger partial charge in [0.05, 0.1) is 18.2 Å². The smallest absolute Gasteiger partial charge is 0.410 e. The van der Waals surface area contributed by atoms with Gasteiger partial charge in [-0.05, 0) is 86.3 Å². The minimum absolute atomic E-state index is 0.0476. The Morgan fingerprint density at radius 3 is 2.48 bits per heavy atom. The lowest BCUT2D eigenvalue weighted by atomic mass is 9.55. The normalized spacial score (nSPS) is 23.8. The highest BCUT2D eigenvalue weighted by atomic mass is 19.1. The summed E-state index contributed by atoms with van der Waals surface area (Å²) < 4.78 is 41.3. The molecule has 1 amide bonds. The molecule has 0 aromatic heterocycles. The third-order valence-corrected chi connectivity index (χ3v) is 11.6. The Kier molecular flexibility index (Phi) is 15.4. The van der Waals surface area contributed by atoms with E-state index in [4.69, 9.17) is 28.9 Å². The van der Waals surface area contributed by atoms with Crippen LogP contribution >= 0.6 is 0 Å². The molecule has 0 saturated heterocycles. The van der Waals surface area contributed by atoms with E-state index in [1.165, 1.54) is 6.07 Å². The number of ether oxygens (including phenoxy) is 4. The molecule has 2 aliphatic carbocycles. The Labute approximate surface area is 342 Å². The number of halogens is 1. The maximum absolute atomic E-state index is 14.7. The fourth-order valence-electron chi connectivity index (χ4n) is 9.07. The molecule has 0 spiro atoms. The number of carbonyl (C=O) groups is 1. The first-order valence-corrected chi connectivity index (χ1v) is 20.9. The molecule has 1 saturated carbocycles. The van der Waals surface area contributed by atoms with E-state index in [-0.39, 0.29) is 63.0 Å². The molecule has 0 unspecified atom stereocenters. The number of allylic oxidation sites excluding steroid dienone is 1. The fourth-order valence-corrected chi connectivity index (χ4v) is 9.07. The van der Waals surface area contributed by atoms with Crippen molar-refractivity contribution in [2.45, 2.75) is 96.2 Å². The molecule has 3 aliphatic rings. The Hall–Kier alpha value is -4.71. The van der Waals surface area contributed by atoms with Gasteiger partial charge in [-0.2, -0.15) is 0 Å². The fraction of sp³-hybridized carbons (Fsp3) is 0.489. The Morgan fingerprint density at radius 2 is 1.76 bits per heavy atom. The quantitative estimate of drug-likeness (QED) is 0.0623. The van der Waals surface area contributed by atoms with Crippen molar-refractivity contribution in [3.05, 3.63) is 120 Å². The third kappa shape index (κ3) is 9.59. The van der Waals surface area contributed by atoms with Crippen LogP contribution in [0.25, 0.3) is 0 Å². The van der Waals surface area contributed by atoms with E-state index in [2.05, 4.69) is 12.7 Å². The number of unbranched alkanes of at least 4 members (excludes halogenated alkanes) is 2. The highest BCUT2D eigenvalue weighted by Gasteiger charge is 2.65. The summed E-state index contributed by atoms with van der Waals surface area (Å²) in [4.78, 5) is 22.0. The Morgan fingerprint density at radius 1 is 1.00 bits per heavy atom. The number of oxime groups is 1. The second-order valence-corrected chi connectivity index (χ2v) is 15.3. The van der Waals surface area contributed by atoms with E-state index < -0.39 is 23.8 Å². The largest absolute Gasteiger partial charge is 0.489 e. The number of amides is 1. The third-order valence-electron chi connectivity index (χ3n) is 11.6. The van der Waals surface area contributed by atoms with Crippen LogP contribution in [-0.2, 0) is 27.5 Å². The van der Waals surface area contributed by atoms with Gasteiger partial charge in [-0.15, -0.1) is 6.58 Å². The van der Waals surface area contributed by atoms with Crippen molar-refractivity contribution in [2.24, 2.45) is 22.9 Å². The average Bonchev–Trinajstić information content (AvgIpc) is 3.24. The highest BCUT2D eigenvalue weighted by Crippen LogP contribution is 2.62. The van der Waals surface area contributed by atoms with Crippen LogP contribution in [0.5, 0.6) is 11.5 Å². The zero-order valence-corrected chi connectivity index (χ0v) is 33.9. The van der Waals surface area contributed by atoms with Crippen molar-refractivity contribution in [1.82, 2.24) is 4.90 Å². The maximum Gasteiger partial charge on any atom is 0.410 e. The number of hydrogen-bond donors (Lipinski definition) is 2. The van der Waals surface area contributed by atoms with Gasteiger partial charge in [0.15, 0.2) is 0 Å². The van der Waals surface area contributed by atoms with E-state index >= 15 is 0 Å². The van der Waals surface area contributed by atoms with Gasteiger partial charge in [0.2, 0.25) is 5.79 Å². The molecule has 1 aliphatic heterocycles. The van der Waals surface area contributed by atoms with Crippen molar-refractivity contribution in [3.8, 4) is 11.5 Å². The van der Waals surface area contributed by atoms with Crippen LogP contribution in [-0.4, -0.2) is 71.7 Å². The van der Waals surface area contributed by atoms with E-state index in [0.717, 1.165) is 48.1 Å². The lowest BCUT2D eigenvalue weighted by Crippen LogP contribution is -2.70. The summed E-state index contributed by atoms with van der Waals surface area (Å²) in [6, 6.07) is 21.2. The zero-order valence-electron chi connectivity index (χ0n) is 33.9. The molecule has 0 bridgehead atoms. The summed E-state index contributed by atoms with van der Waals surface area (Å²) in [5, 5.41) is 24.5. The lowest BCUT2D eigenvalue weighted by Gasteiger charge is -2.59. The number of benzene rings is 3. The van der Waals surface area contributed by atoms with Gasteiger partial charge in [-0.25, -0.2) is 9.18 Å². The summed E-state index contributed by atoms with van der Waals surface area (Å²) in [6.45, 7) is 9.14. The molecule has 11 heteroatoms. The van der Waals surface area contributed by atoms with Crippen molar-refractivity contribution in [3.63, 3.8) is 0 Å². The summed E-state index contributed by atoms with van der Waals surface area (Å²) in [5.74, 6) is -1.11. The van der Waals surface area contributed by atoms with Gasteiger partial charge in [-0.3, -0.25) is 4.90 Å². The molecule has 6 atom stereocenters. The summed E-state index contributed by atoms with van der Waals surface area (Å²) in [7, 11) is 0. The first-order chi connectivity index (χ1) is 28.4. The van der Waals surface area contributed by atoms with E-state index in [9.17, 15) is 19.4 Å². The predicted octanol–water partition coefficient (Wildman–Crippen LogP) is 9.11. The standard InChI is InChI=1S/C47H59FN2O8/c1-4-24-50(46(53)55-31-33-16-8-7-9-17-33)43-30-41(49-57-6-3)38-28-34(18-12-14-25-51)37(20-13-15-26-52)44-39-29-36(54-32-35-19-10-11-21-40(35)48)22-23-42(39)58-47(43,45(38)44)56-27-5-2/h5,7-11,16-17,19,21-23,28-29,34,37,43-45,51-52H,2,4,6,12-15,18,20,24-27,30-32H2,1,3H3/t34-,37+,43-,44+,45+,47+/m0/s1. The Balaban J connectivity index is 1.52. The molecule has 58 heavy (non-hydrogen) atoms. The van der Waals surface area contributed by atoms with Crippen molar-refractivity contribution in [2.75, 3.05) is 33.0 Å². The molecule has 3 aromatic carbocycles. The van der Waals surface area contributed by atoms with Gasteiger partial charge in [0, 0.05) is 43.2 Å². The molecule has 1 fully saturated rings. The van der Waals surface area contributed by atoms with E-state index in [1.807, 2.05) is 62.4 Å². The van der Waals surface area contributed by atoms with Gasteiger partial charge in [-0.1, -0.05) is 85.6 Å². The average molecular weight is 799 g/mol. The molecular weight excluding hydrogens is 740 g/mol. The Bertz CT molecular complexity index is 1870. The number of fused-ring (bicyclic) bond motifs is 2. The molecule has 2 N–H and O–H groups in total. The number of hydrogen-bond acceptors (Lipinski definition) is 9. The van der Waals surface area contributed by atoms with Crippen LogP contribution in [0.4, 0.5) is 9.18 Å². The molecule has 6 rings (SSSR count). The van der Waals surface area contributed by atoms with Crippen LogP contribution in [0.15, 0.2) is 102 Å². The van der Waals surface area contributed by atoms with Gasteiger partial charge >= 0.3 is 6.09 Å². The summed E-state index contributed by atoms with van der Waals surface area (Å²) >= 11 is 0. The molecule has 312 valence electrons. The SMILES string of the molecule is C=CCO[C@@]12Oc3ccc(OCc4ccccc4F)cc3[C@H]3[C@H](CCCCO)[C@@H](CCCCO)C=C(C(=NOCC)C[C@@H]1N(CCC)C(=O)OCc1ccccc1)[C@H]32. The van der Waals surface area contributed by atoms with Gasteiger partial charge in [0.25, 0.3) is 0 Å². The number of rotatable bonds is 21. The molecule has 10 nitrogen and oxygen atoms in total. The summed E-state index contributed by atoms with van der Waals surface area (Å²) in [5.41, 5.74) is 3.91. The van der Waals surface area contributed by atoms with Crippen molar-refractivity contribution in [1.29, 1.82) is 0 Å². The molecule has 1 heterocycles. The number of carbonyl (C=O) groups excluding carboxylic acids is 1. The van der Waals surface area contributed by atoms with Crippen molar-refractivity contribution < 1.29 is 43.2 Å². The minimum Gasteiger partial charge on any atom is -0.489 e. The van der Waals surface area contributed by atoms with E-state index in [0.29, 0.717) is 49.5 Å². The second-order valence-electron chi connectivity index (χ2n) is 15.3. The predicted molar refractivity (Wildman–Crippen MR) is 221 cm³/mol. The van der Waals surface area contributed by atoms with Gasteiger partial charge < -0.3 is 34.0 Å². The molecule has 3 aromatic rings. The number of aliphatic hydroxyl groups is 2. The number of nitrogens with zero attached hydrogens (tertiary/aromatic N) is 2. The van der Waals surface area contributed by atoms with Gasteiger partial charge in [0.1, 0.15) is 43.2 Å². The molecular formula is C47H59FN2O8. The second kappa shape index (κ2) is 20.8. The lowest BCUT2D eigenvalue weighted by molar-refractivity contribution is -0.255. The molecule has 0 radical (unpaired) electrons. The zero-order chi connectivity index (χ0) is 40.9. The minimum atomic E-state index is -1.40. The van der Waals surface area contributed by atoms with E-state index in [1.54, 1.807) is 29.2 Å². The number of aliphatic hydroxyl groups excluding tert-OH is 2. The van der Waals surface area contributed by atoms with Crippen LogP contribution in [0.2, 0.25) is 0 Å². The van der Waals surface area contributed by atoms with Crippen LogP contribution in [0.3, 0.4) is 0 Å². The first kappa shape index (κ1) is 42.9.